The first kappa shape index (κ1) is 25.5. The molecule has 2 aromatic carbocycles. The van der Waals surface area contributed by atoms with E-state index in [1.807, 2.05) is 0 Å². The Morgan fingerprint density at radius 1 is 1.20 bits per heavy atom. The number of methoxy groups -OCH3 is 1. The van der Waals surface area contributed by atoms with Gasteiger partial charge in [-0.2, -0.15) is 0 Å². The molecule has 2 aromatic rings. The Hall–Kier alpha value is -2.64. The summed E-state index contributed by atoms with van der Waals surface area (Å²) in [5.74, 6) is -0.145. The molecule has 0 atom stereocenters. The largest absolute Gasteiger partial charge is 0.493 e. The number of carbonyl (C=O) groups excluding carboxylic acids is 3. The molecule has 11 heteroatoms. The summed E-state index contributed by atoms with van der Waals surface area (Å²) in [6.45, 7) is 1.70. The van der Waals surface area contributed by atoms with E-state index in [-0.39, 0.29) is 29.8 Å². The lowest BCUT2D eigenvalue weighted by Crippen LogP contribution is -2.46. The molecule has 0 aliphatic carbocycles. The van der Waals surface area contributed by atoms with Gasteiger partial charge in [-0.3, -0.25) is 19.3 Å². The number of thioether (sulfide) groups is 1. The molecule has 8 nitrogen and oxygen atoms in total. The summed E-state index contributed by atoms with van der Waals surface area (Å²) in [6, 6.07) is 9.52. The Kier molecular flexibility index (Phi) is 8.29. The minimum absolute atomic E-state index is 0.224. The normalized spacial score (nSPS) is 17.3. The second-order valence-electron chi connectivity index (χ2n) is 7.71. The van der Waals surface area contributed by atoms with Crippen LogP contribution < -0.4 is 9.47 Å². The van der Waals surface area contributed by atoms with E-state index in [9.17, 15) is 18.8 Å². The third-order valence-electron chi connectivity index (χ3n) is 5.38. The van der Waals surface area contributed by atoms with E-state index >= 15 is 0 Å². The van der Waals surface area contributed by atoms with E-state index in [4.69, 9.17) is 14.2 Å². The van der Waals surface area contributed by atoms with Crippen molar-refractivity contribution in [3.05, 3.63) is 61.8 Å². The van der Waals surface area contributed by atoms with E-state index in [0.717, 1.165) is 25.8 Å². The van der Waals surface area contributed by atoms with Crippen molar-refractivity contribution in [2.24, 2.45) is 0 Å². The second-order valence-corrected chi connectivity index (χ2v) is 9.87. The molecule has 4 rings (SSSR count). The van der Waals surface area contributed by atoms with E-state index in [2.05, 4.69) is 22.6 Å². The van der Waals surface area contributed by atoms with Crippen molar-refractivity contribution in [3.63, 3.8) is 0 Å². The van der Waals surface area contributed by atoms with E-state index < -0.39 is 11.1 Å². The minimum atomic E-state index is -0.507. The molecule has 2 aliphatic rings. The molecule has 35 heavy (non-hydrogen) atoms. The highest BCUT2D eigenvalue weighted by Gasteiger charge is 2.37. The lowest BCUT2D eigenvalue weighted by Gasteiger charge is -2.28. The highest BCUT2D eigenvalue weighted by molar-refractivity contribution is 14.1. The Labute approximate surface area is 219 Å². The Balaban J connectivity index is 1.47. The molecule has 2 saturated heterocycles. The maximum Gasteiger partial charge on any atom is 0.294 e. The number of benzene rings is 2. The van der Waals surface area contributed by atoms with Crippen LogP contribution in [0.1, 0.15) is 11.1 Å². The lowest BCUT2D eigenvalue weighted by atomic mass is 10.1. The number of rotatable bonds is 7. The molecule has 2 aliphatic heterocycles. The quantitative estimate of drug-likeness (QED) is 0.347. The predicted molar refractivity (Wildman–Crippen MR) is 137 cm³/mol. The molecule has 0 spiro atoms. The van der Waals surface area contributed by atoms with Crippen molar-refractivity contribution in [1.29, 1.82) is 0 Å². The van der Waals surface area contributed by atoms with E-state index in [1.165, 1.54) is 19.2 Å². The zero-order valence-electron chi connectivity index (χ0n) is 18.8. The highest BCUT2D eigenvalue weighted by atomic mass is 127. The average molecular weight is 612 g/mol. The molecular formula is C24H22FIN2O6S. The van der Waals surface area contributed by atoms with Crippen LogP contribution in [0.25, 0.3) is 6.08 Å². The monoisotopic (exact) mass is 612 g/mol. The summed E-state index contributed by atoms with van der Waals surface area (Å²) >= 11 is 2.90. The maximum absolute atomic E-state index is 13.1. The Bertz CT molecular complexity index is 1170. The van der Waals surface area contributed by atoms with Gasteiger partial charge in [0, 0.05) is 13.1 Å². The van der Waals surface area contributed by atoms with Crippen LogP contribution >= 0.6 is 34.4 Å². The first-order chi connectivity index (χ1) is 16.9. The first-order valence-corrected chi connectivity index (χ1v) is 12.6. The van der Waals surface area contributed by atoms with Gasteiger partial charge >= 0.3 is 0 Å². The molecule has 2 fully saturated rings. The molecule has 184 valence electrons. The third kappa shape index (κ3) is 6.14. The van der Waals surface area contributed by atoms with Gasteiger partial charge in [0.25, 0.3) is 11.1 Å². The summed E-state index contributed by atoms with van der Waals surface area (Å²) in [7, 11) is 1.51. The van der Waals surface area contributed by atoms with Crippen LogP contribution in [0.15, 0.2) is 41.3 Å². The molecule has 3 amide bonds. The van der Waals surface area contributed by atoms with Crippen molar-refractivity contribution in [1.82, 2.24) is 9.80 Å². The summed E-state index contributed by atoms with van der Waals surface area (Å²) in [6.07, 6.45) is 1.60. The van der Waals surface area contributed by atoms with Crippen molar-refractivity contribution in [2.45, 2.75) is 6.61 Å². The van der Waals surface area contributed by atoms with Crippen LogP contribution in [0.5, 0.6) is 11.5 Å². The molecule has 0 aromatic heterocycles. The highest BCUT2D eigenvalue weighted by Crippen LogP contribution is 2.37. The second kappa shape index (κ2) is 11.4. The summed E-state index contributed by atoms with van der Waals surface area (Å²) in [4.78, 5) is 40.6. The average Bonchev–Trinajstić information content (AvgIpc) is 3.11. The number of morpholine rings is 1. The standard InChI is InChI=1S/C24H22FIN2O6S/c1-32-19-11-16(10-18(26)22(19)34-14-15-2-4-17(25)5-3-15)12-20-23(30)28(24(31)35-20)13-21(29)27-6-8-33-9-7-27/h2-5,10-12H,6-9,13-14H2,1H3/b20-12+. The van der Waals surface area contributed by atoms with Gasteiger partial charge in [-0.05, 0) is 75.8 Å². The molecule has 0 unspecified atom stereocenters. The number of nitrogens with zero attached hydrogens (tertiary/aromatic N) is 2. The van der Waals surface area contributed by atoms with Crippen molar-refractivity contribution in [3.8, 4) is 11.5 Å². The lowest BCUT2D eigenvalue weighted by molar-refractivity contribution is -0.139. The molecule has 2 heterocycles. The fraction of sp³-hybridized carbons (Fsp3) is 0.292. The van der Waals surface area contributed by atoms with Crippen molar-refractivity contribution in [2.75, 3.05) is 40.0 Å². The number of hydrogen-bond acceptors (Lipinski definition) is 7. The van der Waals surface area contributed by atoms with Crippen LogP contribution in [-0.4, -0.2) is 66.8 Å². The Morgan fingerprint density at radius 2 is 1.91 bits per heavy atom. The predicted octanol–water partition coefficient (Wildman–Crippen LogP) is 3.91. The molecule has 0 radical (unpaired) electrons. The number of imide groups is 1. The number of ether oxygens (including phenoxy) is 3. The van der Waals surface area contributed by atoms with Crippen molar-refractivity contribution >= 4 is 57.5 Å². The molecule has 0 bridgehead atoms. The zero-order valence-corrected chi connectivity index (χ0v) is 21.8. The van der Waals surface area contributed by atoms with Crippen LogP contribution in [-0.2, 0) is 20.9 Å². The van der Waals surface area contributed by atoms with Crippen LogP contribution in [0.3, 0.4) is 0 Å². The smallest absolute Gasteiger partial charge is 0.294 e. The number of carbonyl (C=O) groups is 3. The molecule has 0 N–H and O–H groups in total. The van der Waals surface area contributed by atoms with Crippen LogP contribution in [0.4, 0.5) is 9.18 Å². The van der Waals surface area contributed by atoms with Crippen LogP contribution in [0, 0.1) is 9.39 Å². The van der Waals surface area contributed by atoms with Gasteiger partial charge in [-0.15, -0.1) is 0 Å². The zero-order chi connectivity index (χ0) is 24.9. The summed E-state index contributed by atoms with van der Waals surface area (Å²) in [5.41, 5.74) is 1.44. The number of hydrogen-bond donors (Lipinski definition) is 0. The van der Waals surface area contributed by atoms with Gasteiger partial charge in [-0.1, -0.05) is 12.1 Å². The van der Waals surface area contributed by atoms with Gasteiger partial charge in [0.1, 0.15) is 19.0 Å². The SMILES string of the molecule is COc1cc(/C=C2/SC(=O)N(CC(=O)N3CCOCC3)C2=O)cc(I)c1OCc1ccc(F)cc1. The van der Waals surface area contributed by atoms with E-state index in [1.54, 1.807) is 35.2 Å². The molecular weight excluding hydrogens is 590 g/mol. The number of amides is 3. The van der Waals surface area contributed by atoms with Crippen molar-refractivity contribution < 1.29 is 33.0 Å². The summed E-state index contributed by atoms with van der Waals surface area (Å²) < 4.78 is 30.5. The summed E-state index contributed by atoms with van der Waals surface area (Å²) in [5, 5.41) is -0.483. The van der Waals surface area contributed by atoms with Gasteiger partial charge in [0.2, 0.25) is 5.91 Å². The molecule has 0 saturated carbocycles. The fourth-order valence-corrected chi connectivity index (χ4v) is 5.15. The Morgan fingerprint density at radius 3 is 2.60 bits per heavy atom. The van der Waals surface area contributed by atoms with Gasteiger partial charge < -0.3 is 19.1 Å². The maximum atomic E-state index is 13.1. The van der Waals surface area contributed by atoms with Crippen LogP contribution in [0.2, 0.25) is 0 Å². The van der Waals surface area contributed by atoms with Gasteiger partial charge in [0.05, 0.1) is 28.8 Å². The minimum Gasteiger partial charge on any atom is -0.493 e. The number of halogens is 2. The van der Waals surface area contributed by atoms with E-state index in [0.29, 0.717) is 43.4 Å². The van der Waals surface area contributed by atoms with Gasteiger partial charge in [0.15, 0.2) is 11.5 Å². The third-order valence-corrected chi connectivity index (χ3v) is 7.09. The fourth-order valence-electron chi connectivity index (χ4n) is 3.54. The topological polar surface area (TPSA) is 85.4 Å². The first-order valence-electron chi connectivity index (χ1n) is 10.7. The van der Waals surface area contributed by atoms with Gasteiger partial charge in [-0.25, -0.2) is 4.39 Å².